The predicted octanol–water partition coefficient (Wildman–Crippen LogP) is 8.75. The summed E-state index contributed by atoms with van der Waals surface area (Å²) < 4.78 is 40.6. The van der Waals surface area contributed by atoms with Crippen molar-refractivity contribution >= 4 is 69.0 Å². The van der Waals surface area contributed by atoms with Gasteiger partial charge in [-0.15, -0.1) is 0 Å². The maximum atomic E-state index is 13.6. The number of carbonyl (C=O) groups excluding carboxylic acids is 4. The Morgan fingerprint density at radius 2 is 1.09 bits per heavy atom. The molecule has 1 fully saturated rings. The summed E-state index contributed by atoms with van der Waals surface area (Å²) in [4.78, 5) is 67.1. The van der Waals surface area contributed by atoms with Crippen LogP contribution >= 0.6 is 0 Å². The van der Waals surface area contributed by atoms with Crippen LogP contribution in [0.5, 0.6) is 12.0 Å². The molecule has 0 radical (unpaired) electrons. The second-order valence-electron chi connectivity index (χ2n) is 19.5. The Labute approximate surface area is 482 Å². The molecule has 0 atom stereocenters. The summed E-state index contributed by atoms with van der Waals surface area (Å²) in [5.74, 6) is 0.510. The summed E-state index contributed by atoms with van der Waals surface area (Å²) in [5.41, 5.74) is 5.06. The molecule has 0 spiro atoms. The van der Waals surface area contributed by atoms with Gasteiger partial charge in [0, 0.05) is 37.0 Å². The van der Waals surface area contributed by atoms with E-state index in [2.05, 4.69) is 26.3 Å². The van der Waals surface area contributed by atoms with Crippen LogP contribution in [-0.2, 0) is 19.0 Å². The average molecular weight is 1110 g/mol. The zero-order valence-corrected chi connectivity index (χ0v) is 49.6. The molecule has 79 heavy (non-hydrogen) atoms. The van der Waals surface area contributed by atoms with E-state index in [1.807, 2.05) is 43.3 Å². The molecule has 0 N–H and O–H groups in total. The molecule has 1 saturated heterocycles. The molecule has 1 aliphatic rings. The predicted molar refractivity (Wildman–Crippen MR) is 295 cm³/mol. The van der Waals surface area contributed by atoms with Crippen molar-refractivity contribution in [1.82, 2.24) is 34.5 Å². The number of aryl methyl sites for hydroxylation is 4. The zero-order valence-electron chi connectivity index (χ0n) is 47.4. The fourth-order valence-electron chi connectivity index (χ4n) is 8.00. The molecular weight excluding hydrogens is 1050 g/mol. The van der Waals surface area contributed by atoms with E-state index in [1.54, 1.807) is 125 Å². The van der Waals surface area contributed by atoms with Crippen molar-refractivity contribution in [2.24, 2.45) is 0 Å². The molecule has 0 saturated carbocycles. The maximum Gasteiger partial charge on any atom is 2.00 e. The van der Waals surface area contributed by atoms with Crippen molar-refractivity contribution in [3.05, 3.63) is 131 Å². The van der Waals surface area contributed by atoms with Gasteiger partial charge in [0.1, 0.15) is 33.8 Å². The number of rotatable bonds is 10. The van der Waals surface area contributed by atoms with Crippen LogP contribution in [0.1, 0.15) is 117 Å². The fraction of sp³-hybridized carbons (Fsp3) is 0.379. The molecular formula is C58H68ClMgN7O12. The second kappa shape index (κ2) is 28.7. The molecule has 19 nitrogen and oxygen atoms in total. The number of carbonyl (C=O) groups is 4. The first-order chi connectivity index (χ1) is 36.6. The van der Waals surface area contributed by atoms with Crippen molar-refractivity contribution in [2.45, 2.75) is 107 Å². The molecule has 9 rings (SSSR count). The van der Waals surface area contributed by atoms with E-state index in [0.717, 1.165) is 29.4 Å². The molecule has 416 valence electrons. The van der Waals surface area contributed by atoms with Crippen molar-refractivity contribution in [3.8, 4) is 34.3 Å². The van der Waals surface area contributed by atoms with Crippen LogP contribution in [0, 0.1) is 33.8 Å². The van der Waals surface area contributed by atoms with Crippen LogP contribution in [0.3, 0.4) is 0 Å². The zero-order chi connectivity index (χ0) is 56.2. The first-order valence-corrected chi connectivity index (χ1v) is 25.2. The molecule has 4 aromatic carbocycles. The Kier molecular flexibility index (Phi) is 23.4. The van der Waals surface area contributed by atoms with Crippen LogP contribution < -0.4 is 21.9 Å². The van der Waals surface area contributed by atoms with E-state index in [1.165, 1.54) is 36.1 Å². The smallest absolute Gasteiger partial charge is 1.00 e. The molecule has 5 heterocycles. The van der Waals surface area contributed by atoms with E-state index in [-0.39, 0.29) is 77.6 Å². The molecule has 0 bridgehead atoms. The Bertz CT molecular complexity index is 3240. The van der Waals surface area contributed by atoms with Crippen LogP contribution in [0.25, 0.3) is 44.3 Å². The third kappa shape index (κ3) is 16.3. The van der Waals surface area contributed by atoms with Crippen molar-refractivity contribution in [3.63, 3.8) is 0 Å². The van der Waals surface area contributed by atoms with Gasteiger partial charge in [-0.25, -0.2) is 14.7 Å². The molecule has 0 unspecified atom stereocenters. The van der Waals surface area contributed by atoms with Crippen molar-refractivity contribution in [1.29, 1.82) is 0 Å². The minimum absolute atomic E-state index is 0. The molecule has 0 aliphatic carbocycles. The van der Waals surface area contributed by atoms with Gasteiger partial charge in [-0.05, 0) is 131 Å². The van der Waals surface area contributed by atoms with E-state index in [9.17, 15) is 19.2 Å². The van der Waals surface area contributed by atoms with Crippen LogP contribution in [0.2, 0.25) is 0 Å². The van der Waals surface area contributed by atoms with Crippen molar-refractivity contribution < 1.29 is 69.2 Å². The summed E-state index contributed by atoms with van der Waals surface area (Å²) in [7, 11) is 2.88. The van der Waals surface area contributed by atoms with Gasteiger partial charge in [0.25, 0.3) is 5.91 Å². The van der Waals surface area contributed by atoms with Gasteiger partial charge in [0.15, 0.2) is 5.78 Å². The van der Waals surface area contributed by atoms with Crippen LogP contribution in [0.15, 0.2) is 94.0 Å². The number of hydrogen-bond donors (Lipinski definition) is 0. The normalized spacial score (nSPS) is 11.8. The van der Waals surface area contributed by atoms with Gasteiger partial charge < -0.3 is 45.1 Å². The molecule has 1 aliphatic heterocycles. The number of ether oxygens (including phenoxy) is 5. The topological polar surface area (TPSA) is 215 Å². The summed E-state index contributed by atoms with van der Waals surface area (Å²) >= 11 is 0. The Hall–Kier alpha value is -7.10. The maximum absolute atomic E-state index is 13.6. The molecule has 8 aromatic rings. The molecule has 1 amide bonds. The Balaban J connectivity index is 0.000000278. The van der Waals surface area contributed by atoms with Gasteiger partial charge in [0.05, 0.1) is 53.9 Å². The first-order valence-electron chi connectivity index (χ1n) is 25.2. The molecule has 4 aromatic heterocycles. The third-order valence-electron chi connectivity index (χ3n) is 11.3. The number of amides is 1. The SMILES string of the molecule is C1CCOC1.CCOc1nc2c(C(=O)N(C)OC)cc(-c3c(C)noc3C)cc2n1C(=O)OC(C)(C)C.CCOc1nc2c(C(=O)c3ccccc3)cc(-c3c(C)noc3C)cc2n1C(=O)OC(C)(C)C.[Cl-].[Mg+2].[c-]1ccccc1. The number of imidazole rings is 2. The largest absolute Gasteiger partial charge is 2.00 e. The number of fused-ring (bicyclic) bond motifs is 2. The number of benzene rings is 4. The summed E-state index contributed by atoms with van der Waals surface area (Å²) in [6, 6.07) is 28.5. The van der Waals surface area contributed by atoms with Crippen LogP contribution in [-0.4, -0.2) is 133 Å². The third-order valence-corrected chi connectivity index (χ3v) is 11.3. The number of aromatic nitrogens is 6. The standard InChI is InChI=1S/C26H27N3O5.C22H28N4O6.C6H5.C4H8O.ClH.Mg/c1-7-32-24-27-22-19(23(30)17-11-9-8-10-12-17)13-18(21-15(2)28-34-16(21)3)14-20(22)29(24)25(31)33-26(4,5)6;1-9-30-20-23-18-15(19(27)25(7)29-8)10-14(17-12(2)24-32-13(17)3)11-16(18)26(20)21(28)31-22(4,5)6;1-2-4-6-5-3-1;1-2-4-5-3-1;;/h8-14H,7H2,1-6H3;10-11H,9H2,1-8H3;1-5H;1-4H2;1H;/q;;-1;;;+2/p-1. The summed E-state index contributed by atoms with van der Waals surface area (Å²) in [6.45, 7) is 24.0. The van der Waals surface area contributed by atoms with Gasteiger partial charge in [0.2, 0.25) is 0 Å². The van der Waals surface area contributed by atoms with E-state index < -0.39 is 29.3 Å². The van der Waals surface area contributed by atoms with E-state index in [4.69, 9.17) is 37.6 Å². The first kappa shape index (κ1) is 64.4. The van der Waals surface area contributed by atoms with E-state index >= 15 is 0 Å². The second-order valence-corrected chi connectivity index (χ2v) is 19.5. The summed E-state index contributed by atoms with van der Waals surface area (Å²) in [6.07, 6.45) is 1.24. The summed E-state index contributed by atoms with van der Waals surface area (Å²) in [5, 5.41) is 9.13. The minimum Gasteiger partial charge on any atom is -1.00 e. The number of halogens is 1. The minimum atomic E-state index is -0.745. The quantitative estimate of drug-likeness (QED) is 0.0541. The number of ketones is 1. The van der Waals surface area contributed by atoms with Crippen molar-refractivity contribution in [2.75, 3.05) is 40.6 Å². The van der Waals surface area contributed by atoms with Gasteiger partial charge in [-0.2, -0.15) is 55.5 Å². The van der Waals surface area contributed by atoms with E-state index in [0.29, 0.717) is 61.7 Å². The number of nitrogens with zero attached hydrogens (tertiary/aromatic N) is 7. The van der Waals surface area contributed by atoms with Crippen LogP contribution in [0.4, 0.5) is 9.59 Å². The number of hydroxylamine groups is 2. The monoisotopic (exact) mass is 1110 g/mol. The number of hydrogen-bond acceptors (Lipinski definition) is 16. The molecule has 21 heteroatoms. The van der Waals surface area contributed by atoms with Gasteiger partial charge >= 0.3 is 47.3 Å². The Morgan fingerprint density at radius 1 is 0.658 bits per heavy atom. The van der Waals surface area contributed by atoms with Gasteiger partial charge in [-0.1, -0.05) is 40.6 Å². The fourth-order valence-corrected chi connectivity index (χ4v) is 8.00. The average Bonchev–Trinajstić information content (AvgIpc) is 4.26. The Morgan fingerprint density at radius 3 is 1.43 bits per heavy atom. The van der Waals surface area contributed by atoms with Gasteiger partial charge in [-0.3, -0.25) is 14.4 Å².